The van der Waals surface area contributed by atoms with Gasteiger partial charge in [-0.05, 0) is 31.2 Å². The summed E-state index contributed by atoms with van der Waals surface area (Å²) in [6.07, 6.45) is 31.1. The molecule has 3 aliphatic rings. The van der Waals surface area contributed by atoms with Gasteiger partial charge in [0.1, 0.15) is 31.0 Å². The van der Waals surface area contributed by atoms with Gasteiger partial charge in [0.25, 0.3) is 0 Å². The number of aliphatic hydroxyl groups excluding tert-OH is 1. The number of unbranched alkanes of at least 4 members (excludes halogenated alkanes) is 24. The summed E-state index contributed by atoms with van der Waals surface area (Å²) < 4.78 is 62.8. The van der Waals surface area contributed by atoms with E-state index in [-0.39, 0.29) is 38.4 Å². The molecule has 1 aliphatic heterocycles. The molecule has 1 aromatic rings. The Morgan fingerprint density at radius 3 is 1.66 bits per heavy atom. The normalized spacial score (nSPS) is 22.4. The highest BCUT2D eigenvalue weighted by atomic mass is 31.2. The number of carbonyl (C=O) groups excluding carboxylic acids is 2. The molecule has 13 heteroatoms. The highest BCUT2D eigenvalue weighted by Crippen LogP contribution is 2.54. The lowest BCUT2D eigenvalue weighted by Crippen LogP contribution is -2.56. The lowest BCUT2D eigenvalue weighted by Gasteiger charge is -2.40. The molecule has 0 amide bonds. The average molecular weight is 979 g/mol. The van der Waals surface area contributed by atoms with Gasteiger partial charge in [-0.3, -0.25) is 23.2 Å². The fourth-order valence-electron chi connectivity index (χ4n) is 9.99. The van der Waals surface area contributed by atoms with Crippen LogP contribution in [-0.4, -0.2) is 79.8 Å². The second-order valence-corrected chi connectivity index (χ2v) is 21.8. The molecule has 2 unspecified atom stereocenters. The molecular formula is C55H95O12P. The summed E-state index contributed by atoms with van der Waals surface area (Å²) in [6.45, 7) is 4.13. The van der Waals surface area contributed by atoms with Gasteiger partial charge in [0, 0.05) is 39.2 Å². The van der Waals surface area contributed by atoms with Crippen LogP contribution in [0.25, 0.3) is 0 Å². The van der Waals surface area contributed by atoms with Crippen LogP contribution in [0.5, 0.6) is 0 Å². The molecule has 1 heterocycles. The van der Waals surface area contributed by atoms with E-state index in [4.69, 9.17) is 37.3 Å². The van der Waals surface area contributed by atoms with Gasteiger partial charge in [0.2, 0.25) is 0 Å². The Bertz CT molecular complexity index is 1490. The average Bonchev–Trinajstić information content (AvgIpc) is 3.71. The van der Waals surface area contributed by atoms with E-state index < -0.39 is 62.8 Å². The molecular weight excluding hydrogens is 884 g/mol. The fourth-order valence-corrected chi connectivity index (χ4v) is 11.1. The molecule has 1 N–H and O–H groups in total. The van der Waals surface area contributed by atoms with Crippen molar-refractivity contribution in [3.05, 3.63) is 35.9 Å². The number of fused-ring (bicyclic) bond motifs is 1. The van der Waals surface area contributed by atoms with E-state index in [0.29, 0.717) is 19.3 Å². The first kappa shape index (κ1) is 58.7. The maximum absolute atomic E-state index is 14.3. The SMILES string of the molecule is CCCCCCCCCCCCCCCC(=O)OCC(COP(=O)(OC)O[C@H]1C[C@@H](O)[C@H](OCc2ccccc2)[C@H]2OC3(CCCCC3)O[C@H]21)OC(=O)CCCCCCCCCCCCCCC. The van der Waals surface area contributed by atoms with E-state index in [1.807, 2.05) is 30.3 Å². The Kier molecular flexibility index (Phi) is 30.4. The van der Waals surface area contributed by atoms with E-state index in [1.165, 1.54) is 129 Å². The van der Waals surface area contributed by atoms with Crippen molar-refractivity contribution in [1.29, 1.82) is 0 Å². The Morgan fingerprint density at radius 1 is 0.662 bits per heavy atom. The first-order valence-electron chi connectivity index (χ1n) is 27.7. The fraction of sp³-hybridized carbons (Fsp3) is 0.855. The Labute approximate surface area is 412 Å². The Balaban J connectivity index is 1.26. The zero-order chi connectivity index (χ0) is 48.6. The van der Waals surface area contributed by atoms with Crippen molar-refractivity contribution in [2.24, 2.45) is 0 Å². The lowest BCUT2D eigenvalue weighted by molar-refractivity contribution is -0.206. The Hall–Kier alpha value is -1.89. The van der Waals surface area contributed by atoms with Gasteiger partial charge in [-0.25, -0.2) is 4.57 Å². The number of rotatable bonds is 40. The van der Waals surface area contributed by atoms with E-state index in [0.717, 1.165) is 63.4 Å². The van der Waals surface area contributed by atoms with E-state index in [2.05, 4.69) is 13.8 Å². The van der Waals surface area contributed by atoms with Crippen LogP contribution in [0.4, 0.5) is 0 Å². The van der Waals surface area contributed by atoms with Gasteiger partial charge >= 0.3 is 19.8 Å². The molecule has 0 radical (unpaired) electrons. The molecule has 4 rings (SSSR count). The second-order valence-electron chi connectivity index (χ2n) is 20.1. The molecule has 68 heavy (non-hydrogen) atoms. The highest BCUT2D eigenvalue weighted by Gasteiger charge is 2.59. The summed E-state index contributed by atoms with van der Waals surface area (Å²) >= 11 is 0. The smallest absolute Gasteiger partial charge is 0.462 e. The largest absolute Gasteiger partial charge is 0.475 e. The summed E-state index contributed by atoms with van der Waals surface area (Å²) in [4.78, 5) is 26.1. The van der Waals surface area contributed by atoms with Crippen LogP contribution >= 0.6 is 7.82 Å². The molecule has 1 saturated heterocycles. The molecule has 2 aliphatic carbocycles. The second kappa shape index (κ2) is 35.3. The monoisotopic (exact) mass is 979 g/mol. The minimum atomic E-state index is -4.34. The molecule has 0 bridgehead atoms. The molecule has 12 nitrogen and oxygen atoms in total. The van der Waals surface area contributed by atoms with E-state index in [9.17, 15) is 19.3 Å². The topological polar surface area (TPSA) is 145 Å². The first-order valence-corrected chi connectivity index (χ1v) is 29.2. The van der Waals surface area contributed by atoms with E-state index >= 15 is 0 Å². The number of hydrogen-bond donors (Lipinski definition) is 1. The zero-order valence-corrected chi connectivity index (χ0v) is 43.8. The van der Waals surface area contributed by atoms with Crippen molar-refractivity contribution >= 4 is 19.8 Å². The van der Waals surface area contributed by atoms with Crippen LogP contribution in [0.3, 0.4) is 0 Å². The van der Waals surface area contributed by atoms with Crippen molar-refractivity contribution in [2.75, 3.05) is 20.3 Å². The zero-order valence-electron chi connectivity index (χ0n) is 42.9. The standard InChI is InChI=1S/C55H95O12P/c1-4-6-8-10-12-14-16-18-20-22-24-26-32-38-50(57)61-44-47(64-51(58)39-33-27-25-23-21-19-17-15-13-11-9-7-5-2)45-63-68(59,60-3)67-49-42-48(56)52(62-43-46-36-30-28-31-37-46)54-53(49)65-55(66-54)40-34-29-35-41-55/h28,30-31,36-37,47-49,52-54,56H,4-27,29,32-35,38-45H2,1-3H3/t47?,48-,49+,52+,53+,54-,68?/m1/s1. The van der Waals surface area contributed by atoms with Gasteiger partial charge in [-0.2, -0.15) is 0 Å². The first-order chi connectivity index (χ1) is 33.2. The van der Waals surface area contributed by atoms with Crippen LogP contribution in [0.2, 0.25) is 0 Å². The quantitative estimate of drug-likeness (QED) is 0.0379. The van der Waals surface area contributed by atoms with Gasteiger partial charge in [-0.15, -0.1) is 0 Å². The van der Waals surface area contributed by atoms with Crippen molar-refractivity contribution < 1.29 is 56.5 Å². The van der Waals surface area contributed by atoms with Gasteiger partial charge in [0.15, 0.2) is 11.9 Å². The van der Waals surface area contributed by atoms with Crippen molar-refractivity contribution in [3.8, 4) is 0 Å². The number of carbonyl (C=O) groups is 2. The predicted molar refractivity (Wildman–Crippen MR) is 268 cm³/mol. The minimum absolute atomic E-state index is 0.0329. The highest BCUT2D eigenvalue weighted by molar-refractivity contribution is 7.48. The van der Waals surface area contributed by atoms with Crippen LogP contribution in [0.15, 0.2) is 30.3 Å². The number of phosphoric ester groups is 1. The molecule has 7 atom stereocenters. The van der Waals surface area contributed by atoms with Gasteiger partial charge in [0.05, 0.1) is 19.3 Å². The predicted octanol–water partition coefficient (Wildman–Crippen LogP) is 14.4. The summed E-state index contributed by atoms with van der Waals surface area (Å²) in [5.74, 6) is -1.66. The molecule has 1 spiro atoms. The van der Waals surface area contributed by atoms with Crippen LogP contribution in [-0.2, 0) is 58.0 Å². The summed E-state index contributed by atoms with van der Waals surface area (Å²) in [5, 5.41) is 11.5. The van der Waals surface area contributed by atoms with Gasteiger partial charge < -0.3 is 28.8 Å². The Morgan fingerprint density at radius 2 is 1.15 bits per heavy atom. The third kappa shape index (κ3) is 23.6. The number of aliphatic hydroxyl groups is 1. The number of phosphoric acid groups is 1. The van der Waals surface area contributed by atoms with Crippen LogP contribution in [0.1, 0.15) is 238 Å². The van der Waals surface area contributed by atoms with Crippen molar-refractivity contribution in [2.45, 2.75) is 281 Å². The third-order valence-corrected chi connectivity index (χ3v) is 15.5. The number of ether oxygens (including phenoxy) is 5. The molecule has 1 aromatic carbocycles. The molecule has 3 fully saturated rings. The number of esters is 2. The van der Waals surface area contributed by atoms with Crippen molar-refractivity contribution in [1.82, 2.24) is 0 Å². The maximum atomic E-state index is 14.3. The van der Waals surface area contributed by atoms with Gasteiger partial charge in [-0.1, -0.05) is 205 Å². The summed E-state index contributed by atoms with van der Waals surface area (Å²) in [5.41, 5.74) is 0.961. The molecule has 0 aromatic heterocycles. The summed E-state index contributed by atoms with van der Waals surface area (Å²) in [6, 6.07) is 9.74. The molecule has 2 saturated carbocycles. The third-order valence-electron chi connectivity index (χ3n) is 14.1. The molecule has 392 valence electrons. The number of benzene rings is 1. The maximum Gasteiger partial charge on any atom is 0.475 e. The lowest BCUT2D eigenvalue weighted by atomic mass is 9.87. The summed E-state index contributed by atoms with van der Waals surface area (Å²) in [7, 11) is -3.11. The minimum Gasteiger partial charge on any atom is -0.462 e. The van der Waals surface area contributed by atoms with Crippen LogP contribution < -0.4 is 0 Å². The number of hydrogen-bond acceptors (Lipinski definition) is 12. The van der Waals surface area contributed by atoms with Crippen LogP contribution in [0, 0.1) is 0 Å². The van der Waals surface area contributed by atoms with E-state index in [1.54, 1.807) is 0 Å². The van der Waals surface area contributed by atoms with Crippen molar-refractivity contribution in [3.63, 3.8) is 0 Å².